The van der Waals surface area contributed by atoms with Crippen molar-refractivity contribution >= 4 is 0 Å². The molecule has 5 nitrogen and oxygen atoms in total. The number of H-pyrrole nitrogens is 1. The fourth-order valence-corrected chi connectivity index (χ4v) is 4.05. The van der Waals surface area contributed by atoms with Crippen molar-refractivity contribution in [1.82, 2.24) is 4.98 Å². The van der Waals surface area contributed by atoms with Gasteiger partial charge in [0.15, 0.2) is 0 Å². The summed E-state index contributed by atoms with van der Waals surface area (Å²) in [5.74, 6) is 1.02. The predicted octanol–water partition coefficient (Wildman–Crippen LogP) is 6.07. The molecule has 1 aromatic rings. The summed E-state index contributed by atoms with van der Waals surface area (Å²) in [6.07, 6.45) is 9.53. The third-order valence-corrected chi connectivity index (χ3v) is 5.65. The van der Waals surface area contributed by atoms with Gasteiger partial charge in [0, 0.05) is 23.6 Å². The molecule has 0 aliphatic rings. The van der Waals surface area contributed by atoms with E-state index in [-0.39, 0.29) is 17.1 Å². The third kappa shape index (κ3) is 8.73. The lowest BCUT2D eigenvalue weighted by atomic mass is 9.93. The minimum Gasteiger partial charge on any atom is -0.488 e. The molecule has 0 bridgehead atoms. The quantitative estimate of drug-likeness (QED) is 0.312. The van der Waals surface area contributed by atoms with Crippen LogP contribution in [-0.2, 0) is 6.42 Å². The molecule has 2 N–H and O–H groups in total. The molecule has 0 aromatic carbocycles. The molecule has 1 rings (SSSR count). The van der Waals surface area contributed by atoms with Crippen molar-refractivity contribution in [1.29, 1.82) is 0 Å². The van der Waals surface area contributed by atoms with Crippen LogP contribution in [0, 0.1) is 18.8 Å². The Hall–Kier alpha value is -2.53. The van der Waals surface area contributed by atoms with Gasteiger partial charge in [-0.25, -0.2) is 0 Å². The number of pyridine rings is 1. The topological polar surface area (TPSA) is 71.5 Å². The first-order valence-electron chi connectivity index (χ1n) is 11.6. The van der Waals surface area contributed by atoms with Gasteiger partial charge in [-0.2, -0.15) is 0 Å². The molecule has 0 saturated carbocycles. The first-order valence-corrected chi connectivity index (χ1v) is 11.6. The van der Waals surface area contributed by atoms with E-state index in [0.717, 1.165) is 23.3 Å². The number of nitrogens with one attached hydrogen (secondary N) is 1. The van der Waals surface area contributed by atoms with Crippen LogP contribution in [0.25, 0.3) is 0 Å². The first-order chi connectivity index (χ1) is 15.4. The Morgan fingerprint density at radius 2 is 1.67 bits per heavy atom. The van der Waals surface area contributed by atoms with Gasteiger partial charge < -0.3 is 19.6 Å². The third-order valence-electron chi connectivity index (χ3n) is 5.65. The Morgan fingerprint density at radius 1 is 1.03 bits per heavy atom. The van der Waals surface area contributed by atoms with Gasteiger partial charge in [0.25, 0.3) is 0 Å². The van der Waals surface area contributed by atoms with Crippen molar-refractivity contribution in [3.8, 4) is 11.6 Å². The van der Waals surface area contributed by atoms with Crippen molar-refractivity contribution in [2.24, 2.45) is 11.8 Å². The van der Waals surface area contributed by atoms with Gasteiger partial charge in [0.2, 0.25) is 17.1 Å². The van der Waals surface area contributed by atoms with E-state index in [1.807, 2.05) is 13.8 Å². The van der Waals surface area contributed by atoms with Gasteiger partial charge in [0.1, 0.15) is 0 Å². The zero-order chi connectivity index (χ0) is 25.3. The summed E-state index contributed by atoms with van der Waals surface area (Å²) >= 11 is 0. The van der Waals surface area contributed by atoms with Crippen molar-refractivity contribution in [2.75, 3.05) is 14.2 Å². The number of rotatable bonds is 11. The summed E-state index contributed by atoms with van der Waals surface area (Å²) in [5.41, 5.74) is 5.93. The van der Waals surface area contributed by atoms with Crippen LogP contribution < -0.4 is 14.9 Å². The predicted molar refractivity (Wildman–Crippen MR) is 138 cm³/mol. The molecule has 0 saturated heterocycles. The molecule has 1 aromatic heterocycles. The molecule has 184 valence electrons. The molecule has 0 amide bonds. The first kappa shape index (κ1) is 28.5. The molecule has 2 atom stereocenters. The second-order valence-electron chi connectivity index (χ2n) is 9.42. The standard InChI is InChI=1S/C28H43NO4/c1-17(2)13-21(6)25(30)22(7)16-20(5)15-19(4)14-18(3)11-12-24-23(8)26(31)27(32-9)28(29-24)33-10/h11,13,15-17,22,25,30H,12,14H2,1-10H3,(H,29,31)/b18-11+,19-15+,20-16+,21-13+/t22-,25-/m0/s1. The molecular formula is C28H43NO4. The number of aliphatic hydroxyl groups excluding tert-OH is 1. The lowest BCUT2D eigenvalue weighted by molar-refractivity contribution is 0.172. The molecule has 0 radical (unpaired) electrons. The molecular weight excluding hydrogens is 414 g/mol. The van der Waals surface area contributed by atoms with Gasteiger partial charge in [0.05, 0.1) is 20.3 Å². The molecule has 0 spiro atoms. The Kier molecular flexibility index (Phi) is 11.4. The van der Waals surface area contributed by atoms with Gasteiger partial charge >= 0.3 is 0 Å². The normalized spacial score (nSPS) is 15.6. The van der Waals surface area contributed by atoms with Crippen molar-refractivity contribution in [3.05, 3.63) is 68.1 Å². The maximum absolute atomic E-state index is 12.5. The number of aromatic nitrogens is 1. The van der Waals surface area contributed by atoms with Gasteiger partial charge in [-0.3, -0.25) is 4.79 Å². The van der Waals surface area contributed by atoms with Crippen LogP contribution in [-0.4, -0.2) is 30.4 Å². The summed E-state index contributed by atoms with van der Waals surface area (Å²) in [5, 5.41) is 10.6. The van der Waals surface area contributed by atoms with Crippen LogP contribution in [0.4, 0.5) is 0 Å². The van der Waals surface area contributed by atoms with E-state index < -0.39 is 6.10 Å². The highest BCUT2D eigenvalue weighted by molar-refractivity contribution is 5.40. The number of methoxy groups -OCH3 is 2. The van der Waals surface area contributed by atoms with Crippen LogP contribution in [0.2, 0.25) is 0 Å². The van der Waals surface area contributed by atoms with Crippen LogP contribution >= 0.6 is 0 Å². The molecule has 0 aliphatic heterocycles. The highest BCUT2D eigenvalue weighted by Crippen LogP contribution is 2.23. The lowest BCUT2D eigenvalue weighted by Gasteiger charge is -2.18. The van der Waals surface area contributed by atoms with E-state index in [4.69, 9.17) is 9.47 Å². The summed E-state index contributed by atoms with van der Waals surface area (Å²) < 4.78 is 10.4. The van der Waals surface area contributed by atoms with E-state index in [9.17, 15) is 9.90 Å². The largest absolute Gasteiger partial charge is 0.488 e. The highest BCUT2D eigenvalue weighted by atomic mass is 16.5. The van der Waals surface area contributed by atoms with E-state index >= 15 is 0 Å². The van der Waals surface area contributed by atoms with Crippen molar-refractivity contribution in [2.45, 2.75) is 74.3 Å². The fourth-order valence-electron chi connectivity index (χ4n) is 4.05. The molecule has 33 heavy (non-hydrogen) atoms. The SMILES string of the molecule is COc1[nH]c(C/C=C(\C)C/C(C)=C/C(C)=C/[C@H](C)[C@@H](O)/C(C)=C/C(C)C)c(C)c(=O)c1OC. The van der Waals surface area contributed by atoms with Crippen LogP contribution in [0.1, 0.15) is 66.1 Å². The lowest BCUT2D eigenvalue weighted by Crippen LogP contribution is -2.17. The Labute approximate surface area is 199 Å². The Bertz CT molecular complexity index is 976. The molecule has 0 unspecified atom stereocenters. The average molecular weight is 458 g/mol. The number of aromatic amines is 1. The summed E-state index contributed by atoms with van der Waals surface area (Å²) in [7, 11) is 2.98. The van der Waals surface area contributed by atoms with Crippen molar-refractivity contribution in [3.63, 3.8) is 0 Å². The zero-order valence-corrected chi connectivity index (χ0v) is 22.1. The van der Waals surface area contributed by atoms with E-state index in [0.29, 0.717) is 23.8 Å². The maximum Gasteiger partial charge on any atom is 0.238 e. The van der Waals surface area contributed by atoms with Crippen LogP contribution in [0.3, 0.4) is 0 Å². The van der Waals surface area contributed by atoms with Gasteiger partial charge in [-0.1, -0.05) is 61.8 Å². The minimum absolute atomic E-state index is 0.0468. The second-order valence-corrected chi connectivity index (χ2v) is 9.42. The number of ether oxygens (including phenoxy) is 2. The van der Waals surface area contributed by atoms with E-state index in [1.165, 1.54) is 25.4 Å². The average Bonchev–Trinajstić information content (AvgIpc) is 2.72. The fraction of sp³-hybridized carbons (Fsp3) is 0.536. The smallest absolute Gasteiger partial charge is 0.238 e. The molecule has 1 heterocycles. The van der Waals surface area contributed by atoms with E-state index in [2.05, 4.69) is 63.9 Å². The van der Waals surface area contributed by atoms with Gasteiger partial charge in [-0.15, -0.1) is 0 Å². The number of hydrogen-bond acceptors (Lipinski definition) is 4. The Morgan fingerprint density at radius 3 is 2.21 bits per heavy atom. The zero-order valence-electron chi connectivity index (χ0n) is 22.1. The molecule has 0 fully saturated rings. The van der Waals surface area contributed by atoms with Crippen LogP contribution in [0.5, 0.6) is 11.6 Å². The Balaban J connectivity index is 2.91. The summed E-state index contributed by atoms with van der Waals surface area (Å²) in [6.45, 7) is 16.4. The van der Waals surface area contributed by atoms with Crippen LogP contribution in [0.15, 0.2) is 51.4 Å². The minimum atomic E-state index is -0.468. The molecule has 5 heteroatoms. The van der Waals surface area contributed by atoms with E-state index in [1.54, 1.807) is 6.92 Å². The summed E-state index contributed by atoms with van der Waals surface area (Å²) in [6, 6.07) is 0. The second kappa shape index (κ2) is 13.2. The van der Waals surface area contributed by atoms with Crippen molar-refractivity contribution < 1.29 is 14.6 Å². The molecule has 0 aliphatic carbocycles. The maximum atomic E-state index is 12.5. The number of aliphatic hydroxyl groups is 1. The van der Waals surface area contributed by atoms with Gasteiger partial charge in [-0.05, 0) is 52.5 Å². The summed E-state index contributed by atoms with van der Waals surface area (Å²) in [4.78, 5) is 15.7. The number of allylic oxidation sites excluding steroid dienone is 6. The number of hydrogen-bond donors (Lipinski definition) is 2. The highest BCUT2D eigenvalue weighted by Gasteiger charge is 2.15. The monoisotopic (exact) mass is 457 g/mol.